The molecule has 3 fully saturated rings. The molecule has 1 aliphatic carbocycles. The van der Waals surface area contributed by atoms with Crippen LogP contribution in [0.25, 0.3) is 0 Å². The Morgan fingerprint density at radius 1 is 1.14 bits per heavy atom. The molecule has 1 aromatic carbocycles. The lowest BCUT2D eigenvalue weighted by atomic mass is 9.93. The number of ether oxygens (including phenoxy) is 1. The number of sulfonamides is 1. The minimum atomic E-state index is -3.76. The number of piperidine rings is 1. The van der Waals surface area contributed by atoms with Gasteiger partial charge < -0.3 is 29.9 Å². The molecule has 1 saturated carbocycles. The topological polar surface area (TPSA) is 127 Å². The summed E-state index contributed by atoms with van der Waals surface area (Å²) in [4.78, 5) is 25.4. The molecule has 1 amide bonds. The van der Waals surface area contributed by atoms with Crippen molar-refractivity contribution in [2.75, 3.05) is 77.7 Å². The first kappa shape index (κ1) is 29.0. The molecule has 228 valence electrons. The highest BCUT2D eigenvalue weighted by molar-refractivity contribution is 7.93. The minimum absolute atomic E-state index is 0.0820. The predicted molar refractivity (Wildman–Crippen MR) is 165 cm³/mol. The van der Waals surface area contributed by atoms with E-state index >= 15 is 0 Å². The molecule has 0 unspecified atom stereocenters. The molecular formula is C30H42N6O5S. The summed E-state index contributed by atoms with van der Waals surface area (Å²) in [7, 11) is -1.70. The van der Waals surface area contributed by atoms with E-state index in [-0.39, 0.29) is 12.0 Å². The second-order valence-corrected chi connectivity index (χ2v) is 14.6. The van der Waals surface area contributed by atoms with Crippen LogP contribution in [0.3, 0.4) is 0 Å². The Bertz CT molecular complexity index is 1450. The van der Waals surface area contributed by atoms with Gasteiger partial charge in [0.2, 0.25) is 10.0 Å². The van der Waals surface area contributed by atoms with Gasteiger partial charge in [0.05, 0.1) is 42.1 Å². The average Bonchev–Trinajstić information content (AvgIpc) is 3.63. The number of aromatic nitrogens is 1. The lowest BCUT2D eigenvalue weighted by molar-refractivity contribution is 0.0530. The van der Waals surface area contributed by atoms with Crippen molar-refractivity contribution in [1.82, 2.24) is 4.98 Å². The van der Waals surface area contributed by atoms with Gasteiger partial charge in [0.25, 0.3) is 5.91 Å². The Labute approximate surface area is 248 Å². The fourth-order valence-corrected chi connectivity index (χ4v) is 7.19. The summed E-state index contributed by atoms with van der Waals surface area (Å²) in [6, 6.07) is 7.09. The molecule has 0 bridgehead atoms. The van der Waals surface area contributed by atoms with Crippen molar-refractivity contribution in [2.24, 2.45) is 5.41 Å². The molecule has 0 radical (unpaired) electrons. The number of likely N-dealkylation sites (N-methyl/N-ethyl adjacent to an activating group) is 1. The number of anilines is 5. The van der Waals surface area contributed by atoms with Crippen LogP contribution < -0.4 is 24.7 Å². The molecule has 4 heterocycles. The Morgan fingerprint density at radius 3 is 2.60 bits per heavy atom. The molecule has 4 aliphatic rings. The Kier molecular flexibility index (Phi) is 7.73. The van der Waals surface area contributed by atoms with Crippen LogP contribution in [0.1, 0.15) is 55.6 Å². The smallest absolute Gasteiger partial charge is 0.274 e. The molecule has 2 atom stereocenters. The van der Waals surface area contributed by atoms with E-state index in [0.29, 0.717) is 35.6 Å². The molecule has 12 heteroatoms. The first-order chi connectivity index (χ1) is 20.1. The van der Waals surface area contributed by atoms with Gasteiger partial charge in [0, 0.05) is 39.8 Å². The van der Waals surface area contributed by atoms with E-state index in [1.54, 1.807) is 18.2 Å². The predicted octanol–water partition coefficient (Wildman–Crippen LogP) is 3.05. The minimum Gasteiger partial charge on any atom is -0.395 e. The lowest BCUT2D eigenvalue weighted by Crippen LogP contribution is -2.42. The molecule has 2 saturated heterocycles. The van der Waals surface area contributed by atoms with Gasteiger partial charge in [-0.2, -0.15) is 0 Å². The third-order valence-electron chi connectivity index (χ3n) is 9.34. The summed E-state index contributed by atoms with van der Waals surface area (Å²) < 4.78 is 33.7. The van der Waals surface area contributed by atoms with E-state index in [0.717, 1.165) is 68.2 Å². The number of nitrogens with zero attached hydrogens (tertiary/aromatic N) is 4. The number of aliphatic hydroxyl groups is 1. The summed E-state index contributed by atoms with van der Waals surface area (Å²) in [5.41, 5.74) is 4.81. The summed E-state index contributed by atoms with van der Waals surface area (Å²) in [5.74, 6) is 0.524. The number of pyridine rings is 1. The van der Waals surface area contributed by atoms with Crippen LogP contribution in [-0.2, 0) is 21.2 Å². The van der Waals surface area contributed by atoms with Crippen LogP contribution in [0.2, 0.25) is 0 Å². The number of hydrogen-bond donors (Lipinski definition) is 3. The van der Waals surface area contributed by atoms with Crippen LogP contribution in [0, 0.1) is 5.41 Å². The number of benzene rings is 1. The van der Waals surface area contributed by atoms with Crippen molar-refractivity contribution in [2.45, 2.75) is 57.3 Å². The number of amides is 1. The Balaban J connectivity index is 1.30. The highest BCUT2D eigenvalue weighted by Gasteiger charge is 2.44. The van der Waals surface area contributed by atoms with Gasteiger partial charge in [-0.15, -0.1) is 0 Å². The number of fused-ring (bicyclic) bond motifs is 1. The number of carbonyl (C=O) groups is 1. The van der Waals surface area contributed by atoms with Gasteiger partial charge in [-0.1, -0.05) is 0 Å². The third-order valence-corrected chi connectivity index (χ3v) is 11.1. The van der Waals surface area contributed by atoms with E-state index in [2.05, 4.69) is 31.8 Å². The normalized spacial score (nSPS) is 22.2. The maximum absolute atomic E-state index is 13.8. The maximum Gasteiger partial charge on any atom is 0.274 e. The molecule has 6 rings (SSSR count). The van der Waals surface area contributed by atoms with Crippen molar-refractivity contribution >= 4 is 44.5 Å². The van der Waals surface area contributed by atoms with Crippen LogP contribution in [0.4, 0.5) is 28.6 Å². The highest BCUT2D eigenvalue weighted by Crippen LogP contribution is 2.54. The second-order valence-electron chi connectivity index (χ2n) is 12.5. The van der Waals surface area contributed by atoms with Crippen LogP contribution in [0.15, 0.2) is 24.3 Å². The summed E-state index contributed by atoms with van der Waals surface area (Å²) in [6.45, 7) is 7.65. The average molecular weight is 599 g/mol. The quantitative estimate of drug-likeness (QED) is 0.420. The second kappa shape index (κ2) is 11.2. The monoisotopic (exact) mass is 598 g/mol. The van der Waals surface area contributed by atoms with Gasteiger partial charge in [-0.25, -0.2) is 13.4 Å². The maximum atomic E-state index is 13.8. The van der Waals surface area contributed by atoms with E-state index in [9.17, 15) is 18.3 Å². The highest BCUT2D eigenvalue weighted by atomic mass is 32.2. The van der Waals surface area contributed by atoms with Gasteiger partial charge in [0.15, 0.2) is 5.82 Å². The Morgan fingerprint density at radius 2 is 1.90 bits per heavy atom. The first-order valence-electron chi connectivity index (χ1n) is 15.0. The zero-order valence-corrected chi connectivity index (χ0v) is 25.5. The fraction of sp³-hybridized carbons (Fsp3) is 0.600. The SMILES string of the molecule is C[C@@H]1CN(c2nc(C(=O)Nc3ccc(NS(=O)(=O)[C@@H](C)CO)cc3N3CCC4(CC3)CC4)cc3c2N(C)CC3)CCO1. The fourth-order valence-electron chi connectivity index (χ4n) is 6.34. The lowest BCUT2D eigenvalue weighted by Gasteiger charge is -2.35. The Hall–Kier alpha value is -3.09. The zero-order chi connectivity index (χ0) is 29.6. The summed E-state index contributed by atoms with van der Waals surface area (Å²) >= 11 is 0. The van der Waals surface area contributed by atoms with E-state index in [4.69, 9.17) is 9.72 Å². The summed E-state index contributed by atoms with van der Waals surface area (Å²) in [5, 5.41) is 11.6. The van der Waals surface area contributed by atoms with Crippen LogP contribution in [-0.4, -0.2) is 88.8 Å². The number of nitrogens with one attached hydrogen (secondary N) is 2. The van der Waals surface area contributed by atoms with Crippen LogP contribution in [0.5, 0.6) is 0 Å². The number of morpholine rings is 1. The molecular weight excluding hydrogens is 556 g/mol. The van der Waals surface area contributed by atoms with E-state index < -0.39 is 21.9 Å². The standard InChI is InChI=1S/C30H42N6O5S/c1-20-18-36(14-15-41-20)28-27-22(6-11-34(27)3)16-25(31-28)29(38)32-24-5-4-23(33-42(39,40)21(2)19-37)17-26(24)35-12-9-30(7-8-30)10-13-35/h4-5,16-17,20-21,33,37H,6-15,18-19H2,1-3H3,(H,32,38)/t20-,21+/m1/s1. The summed E-state index contributed by atoms with van der Waals surface area (Å²) in [6.07, 6.45) is 5.64. The molecule has 3 aliphatic heterocycles. The van der Waals surface area contributed by atoms with Gasteiger partial charge in [-0.3, -0.25) is 9.52 Å². The number of carbonyl (C=O) groups excluding carboxylic acids is 1. The molecule has 1 spiro atoms. The van der Waals surface area contributed by atoms with Crippen molar-refractivity contribution in [1.29, 1.82) is 0 Å². The van der Waals surface area contributed by atoms with Gasteiger partial charge in [-0.05, 0) is 81.2 Å². The number of rotatable bonds is 8. The number of hydrogen-bond acceptors (Lipinski definition) is 9. The van der Waals surface area contributed by atoms with E-state index in [1.165, 1.54) is 19.8 Å². The van der Waals surface area contributed by atoms with Crippen molar-refractivity contribution in [3.8, 4) is 0 Å². The van der Waals surface area contributed by atoms with Crippen LogP contribution >= 0.6 is 0 Å². The zero-order valence-electron chi connectivity index (χ0n) is 24.7. The van der Waals surface area contributed by atoms with E-state index in [1.807, 2.05) is 13.0 Å². The number of aliphatic hydroxyl groups excluding tert-OH is 1. The first-order valence-corrected chi connectivity index (χ1v) is 16.6. The molecule has 1 aromatic heterocycles. The van der Waals surface area contributed by atoms with Gasteiger partial charge in [0.1, 0.15) is 10.9 Å². The van der Waals surface area contributed by atoms with Gasteiger partial charge >= 0.3 is 0 Å². The van der Waals surface area contributed by atoms with Crippen molar-refractivity contribution < 1.29 is 23.1 Å². The van der Waals surface area contributed by atoms with Crippen molar-refractivity contribution in [3.05, 3.63) is 35.5 Å². The molecule has 11 nitrogen and oxygen atoms in total. The van der Waals surface area contributed by atoms with Crippen molar-refractivity contribution in [3.63, 3.8) is 0 Å². The molecule has 42 heavy (non-hydrogen) atoms. The molecule has 3 N–H and O–H groups in total. The molecule has 2 aromatic rings. The largest absolute Gasteiger partial charge is 0.395 e. The third kappa shape index (κ3) is 5.76.